The average molecular weight is 320 g/mol. The highest BCUT2D eigenvalue weighted by atomic mass is 35.5. The maximum Gasteiger partial charge on any atom is 0.420 e. The Kier molecular flexibility index (Phi) is 4.30. The fraction of sp³-hybridized carbons (Fsp3) is 0.500. The second kappa shape index (κ2) is 5.70. The second-order valence-electron chi connectivity index (χ2n) is 4.97. The molecule has 0 unspecified atom stereocenters. The Hall–Kier alpha value is -1.52. The van der Waals surface area contributed by atoms with Gasteiger partial charge in [0.15, 0.2) is 0 Å². The first kappa shape index (κ1) is 15.9. The lowest BCUT2D eigenvalue weighted by Gasteiger charge is -2.27. The summed E-state index contributed by atoms with van der Waals surface area (Å²) in [6.45, 7) is 0. The summed E-state index contributed by atoms with van der Waals surface area (Å²) in [6, 6.07) is 2.21. The number of alkyl halides is 3. The molecule has 0 spiro atoms. The monoisotopic (exact) mass is 319 g/mol. The van der Waals surface area contributed by atoms with Crippen LogP contribution in [0.4, 0.5) is 13.2 Å². The van der Waals surface area contributed by atoms with E-state index in [0.29, 0.717) is 12.8 Å². The predicted molar refractivity (Wildman–Crippen MR) is 71.3 cm³/mol. The summed E-state index contributed by atoms with van der Waals surface area (Å²) in [4.78, 5) is 14.5. The van der Waals surface area contributed by atoms with Crippen LogP contribution >= 0.6 is 11.6 Å². The average Bonchev–Trinajstić information content (AvgIpc) is 2.87. The molecule has 0 amide bonds. The van der Waals surface area contributed by atoms with E-state index in [1.165, 1.54) is 12.1 Å². The summed E-state index contributed by atoms with van der Waals surface area (Å²) in [6.07, 6.45) is -0.659. The van der Waals surface area contributed by atoms with Crippen molar-refractivity contribution in [2.45, 2.75) is 37.4 Å². The Balaban J connectivity index is 2.73. The Labute approximate surface area is 124 Å². The van der Waals surface area contributed by atoms with Crippen LogP contribution < -0.4 is 4.74 Å². The van der Waals surface area contributed by atoms with Crippen molar-refractivity contribution in [2.24, 2.45) is 4.99 Å². The van der Waals surface area contributed by atoms with Crippen LogP contribution in [0.25, 0.3) is 0 Å². The number of hydrogen-bond donors (Lipinski definition) is 0. The Morgan fingerprint density at radius 2 is 1.95 bits per heavy atom. The van der Waals surface area contributed by atoms with Gasteiger partial charge in [-0.15, -0.1) is 0 Å². The predicted octanol–water partition coefficient (Wildman–Crippen LogP) is 4.47. The molecule has 0 atom stereocenters. The molecule has 2 rings (SSSR count). The summed E-state index contributed by atoms with van der Waals surface area (Å²) < 4.78 is 44.4. The lowest BCUT2D eigenvalue weighted by atomic mass is 9.86. The van der Waals surface area contributed by atoms with Gasteiger partial charge in [0, 0.05) is 10.6 Å². The fourth-order valence-corrected chi connectivity index (χ4v) is 3.08. The zero-order chi connectivity index (χ0) is 15.7. The standard InChI is InChI=1S/C14H13ClF3NO2/c1-21-12-10(13(19-8-20)4-2-3-5-13)6-9(15)7-11(12)14(16,17)18/h6-7H,2-5H2,1H3. The summed E-state index contributed by atoms with van der Waals surface area (Å²) in [5.74, 6) is -0.326. The highest BCUT2D eigenvalue weighted by Gasteiger charge is 2.43. The third-order valence-corrected chi connectivity index (χ3v) is 3.97. The van der Waals surface area contributed by atoms with Gasteiger partial charge in [-0.05, 0) is 25.0 Å². The number of methoxy groups -OCH3 is 1. The molecule has 21 heavy (non-hydrogen) atoms. The molecule has 1 aliphatic rings. The molecule has 0 saturated heterocycles. The van der Waals surface area contributed by atoms with E-state index in [2.05, 4.69) is 4.99 Å². The fourth-order valence-electron chi connectivity index (χ4n) is 2.86. The Bertz CT molecular complexity index is 589. The van der Waals surface area contributed by atoms with Crippen molar-refractivity contribution in [3.8, 4) is 5.75 Å². The molecule has 1 fully saturated rings. The lowest BCUT2D eigenvalue weighted by molar-refractivity contribution is -0.138. The number of hydrogen-bond acceptors (Lipinski definition) is 3. The largest absolute Gasteiger partial charge is 0.496 e. The number of aliphatic imine (C=N–C) groups is 1. The van der Waals surface area contributed by atoms with Gasteiger partial charge >= 0.3 is 6.18 Å². The minimum absolute atomic E-state index is 0.0644. The molecule has 1 saturated carbocycles. The summed E-state index contributed by atoms with van der Waals surface area (Å²) in [7, 11) is 1.16. The van der Waals surface area contributed by atoms with Crippen molar-refractivity contribution in [3.63, 3.8) is 0 Å². The first-order chi connectivity index (χ1) is 9.84. The Morgan fingerprint density at radius 3 is 2.43 bits per heavy atom. The van der Waals surface area contributed by atoms with Crippen LogP contribution in [-0.2, 0) is 16.5 Å². The number of benzene rings is 1. The van der Waals surface area contributed by atoms with Gasteiger partial charge in [-0.3, -0.25) is 0 Å². The molecule has 0 N–H and O–H groups in total. The van der Waals surface area contributed by atoms with Gasteiger partial charge in [0.2, 0.25) is 6.08 Å². The van der Waals surface area contributed by atoms with Crippen molar-refractivity contribution < 1.29 is 22.7 Å². The van der Waals surface area contributed by atoms with Gasteiger partial charge in [0.1, 0.15) is 11.3 Å². The van der Waals surface area contributed by atoms with Crippen LogP contribution in [-0.4, -0.2) is 13.2 Å². The van der Waals surface area contributed by atoms with Crippen molar-refractivity contribution in [1.29, 1.82) is 0 Å². The molecule has 0 bridgehead atoms. The van der Waals surface area contributed by atoms with E-state index < -0.39 is 17.3 Å². The maximum atomic E-state index is 13.1. The van der Waals surface area contributed by atoms with Gasteiger partial charge in [-0.25, -0.2) is 4.79 Å². The molecule has 7 heteroatoms. The highest BCUT2D eigenvalue weighted by molar-refractivity contribution is 6.30. The number of isocyanates is 1. The van der Waals surface area contributed by atoms with Gasteiger partial charge in [0.25, 0.3) is 0 Å². The van der Waals surface area contributed by atoms with Crippen LogP contribution in [0.2, 0.25) is 5.02 Å². The number of halogens is 4. The second-order valence-corrected chi connectivity index (χ2v) is 5.41. The molecule has 0 aromatic heterocycles. The highest BCUT2D eigenvalue weighted by Crippen LogP contribution is 2.50. The minimum atomic E-state index is -4.60. The van der Waals surface area contributed by atoms with E-state index in [0.717, 1.165) is 26.0 Å². The maximum absolute atomic E-state index is 13.1. The minimum Gasteiger partial charge on any atom is -0.496 e. The van der Waals surface area contributed by atoms with Gasteiger partial charge in [-0.1, -0.05) is 24.4 Å². The topological polar surface area (TPSA) is 38.7 Å². The van der Waals surface area contributed by atoms with E-state index in [1.807, 2.05) is 0 Å². The number of carbonyl (C=O) groups excluding carboxylic acids is 1. The molecular formula is C14H13ClF3NO2. The van der Waals surface area contributed by atoms with Gasteiger partial charge in [-0.2, -0.15) is 18.2 Å². The van der Waals surface area contributed by atoms with Crippen molar-refractivity contribution in [3.05, 3.63) is 28.3 Å². The van der Waals surface area contributed by atoms with Gasteiger partial charge < -0.3 is 4.74 Å². The van der Waals surface area contributed by atoms with E-state index in [9.17, 15) is 18.0 Å². The number of rotatable bonds is 3. The SMILES string of the molecule is COc1c(C(F)(F)F)cc(Cl)cc1C1(N=C=O)CCCC1. The van der Waals surface area contributed by atoms with Crippen molar-refractivity contribution >= 4 is 17.7 Å². The lowest BCUT2D eigenvalue weighted by Crippen LogP contribution is -2.22. The van der Waals surface area contributed by atoms with E-state index in [-0.39, 0.29) is 16.3 Å². The summed E-state index contributed by atoms with van der Waals surface area (Å²) in [5.41, 5.74) is -1.79. The molecular weight excluding hydrogens is 307 g/mol. The molecule has 3 nitrogen and oxygen atoms in total. The molecule has 1 aliphatic carbocycles. The molecule has 0 heterocycles. The third kappa shape index (κ3) is 2.92. The van der Waals surface area contributed by atoms with Crippen LogP contribution in [0.1, 0.15) is 36.8 Å². The van der Waals surface area contributed by atoms with Crippen molar-refractivity contribution in [2.75, 3.05) is 7.11 Å². The van der Waals surface area contributed by atoms with E-state index in [1.54, 1.807) is 0 Å². The first-order valence-corrected chi connectivity index (χ1v) is 6.76. The molecule has 114 valence electrons. The normalized spacial score (nSPS) is 17.4. The smallest absolute Gasteiger partial charge is 0.420 e. The third-order valence-electron chi connectivity index (χ3n) is 3.75. The molecule has 1 aromatic carbocycles. The molecule has 1 aromatic rings. The van der Waals surface area contributed by atoms with Crippen LogP contribution in [0, 0.1) is 0 Å². The quantitative estimate of drug-likeness (QED) is 0.609. The first-order valence-electron chi connectivity index (χ1n) is 6.38. The summed E-state index contributed by atoms with van der Waals surface area (Å²) in [5, 5.41) is -0.0644. The van der Waals surface area contributed by atoms with Crippen LogP contribution in [0.15, 0.2) is 17.1 Å². The number of ether oxygens (including phenoxy) is 1. The summed E-state index contributed by atoms with van der Waals surface area (Å²) >= 11 is 5.83. The van der Waals surface area contributed by atoms with Crippen molar-refractivity contribution in [1.82, 2.24) is 0 Å². The molecule has 0 radical (unpaired) electrons. The van der Waals surface area contributed by atoms with Crippen LogP contribution in [0.5, 0.6) is 5.75 Å². The van der Waals surface area contributed by atoms with E-state index in [4.69, 9.17) is 16.3 Å². The van der Waals surface area contributed by atoms with E-state index >= 15 is 0 Å². The van der Waals surface area contributed by atoms with Crippen LogP contribution in [0.3, 0.4) is 0 Å². The molecule has 0 aliphatic heterocycles. The number of nitrogens with zero attached hydrogens (tertiary/aromatic N) is 1. The Morgan fingerprint density at radius 1 is 1.33 bits per heavy atom. The van der Waals surface area contributed by atoms with Gasteiger partial charge in [0.05, 0.1) is 12.7 Å². The zero-order valence-electron chi connectivity index (χ0n) is 11.3. The zero-order valence-corrected chi connectivity index (χ0v) is 12.0.